The highest BCUT2D eigenvalue weighted by Gasteiger charge is 2.29. The molecule has 1 heterocycles. The minimum absolute atomic E-state index is 0. The van der Waals surface area contributed by atoms with Crippen LogP contribution >= 0.6 is 35.3 Å². The lowest BCUT2D eigenvalue weighted by Gasteiger charge is -2.09. The number of hydrogen-bond donors (Lipinski definition) is 2. The maximum absolute atomic E-state index is 12.5. The van der Waals surface area contributed by atoms with Crippen molar-refractivity contribution >= 4 is 41.3 Å². The van der Waals surface area contributed by atoms with Crippen LogP contribution in [0.15, 0.2) is 29.3 Å². The monoisotopic (exact) mass is 508 g/mol. The van der Waals surface area contributed by atoms with Crippen molar-refractivity contribution in [2.24, 2.45) is 4.99 Å². The van der Waals surface area contributed by atoms with E-state index in [1.165, 1.54) is 12.1 Å². The molecule has 2 aromatic rings. The van der Waals surface area contributed by atoms with Gasteiger partial charge in [0, 0.05) is 17.5 Å². The molecule has 146 valence electrons. The SMILES string of the molecule is CN=C(NCC#Cc1ccc(C(F)(F)F)cc1)NCc1sc(C)nc1C.I. The van der Waals surface area contributed by atoms with Gasteiger partial charge in [-0.3, -0.25) is 4.99 Å². The third-order valence-electron chi connectivity index (χ3n) is 3.43. The van der Waals surface area contributed by atoms with Crippen LogP contribution in [0.25, 0.3) is 0 Å². The molecule has 9 heteroatoms. The number of aromatic nitrogens is 1. The van der Waals surface area contributed by atoms with Crippen LogP contribution in [0.4, 0.5) is 13.2 Å². The summed E-state index contributed by atoms with van der Waals surface area (Å²) >= 11 is 1.63. The fourth-order valence-corrected chi connectivity index (χ4v) is 3.02. The Balaban J connectivity index is 0.00000364. The zero-order chi connectivity index (χ0) is 19.2. The average Bonchev–Trinajstić information content (AvgIpc) is 2.91. The van der Waals surface area contributed by atoms with Gasteiger partial charge >= 0.3 is 6.18 Å². The minimum atomic E-state index is -4.33. The highest BCUT2D eigenvalue weighted by Crippen LogP contribution is 2.28. The molecule has 0 atom stereocenters. The van der Waals surface area contributed by atoms with E-state index in [2.05, 4.69) is 32.5 Å². The van der Waals surface area contributed by atoms with E-state index in [4.69, 9.17) is 0 Å². The molecule has 0 saturated heterocycles. The number of benzene rings is 1. The van der Waals surface area contributed by atoms with Gasteiger partial charge in [0.1, 0.15) is 0 Å². The van der Waals surface area contributed by atoms with Crippen LogP contribution in [0.3, 0.4) is 0 Å². The lowest BCUT2D eigenvalue weighted by molar-refractivity contribution is -0.137. The molecular formula is C18H20F3IN4S. The topological polar surface area (TPSA) is 49.3 Å². The number of guanidine groups is 1. The Hall–Kier alpha value is -1.80. The number of aryl methyl sites for hydroxylation is 2. The van der Waals surface area contributed by atoms with Crippen LogP contribution in [-0.2, 0) is 12.7 Å². The van der Waals surface area contributed by atoms with Crippen LogP contribution in [0.1, 0.15) is 26.7 Å². The first kappa shape index (κ1) is 23.2. The average molecular weight is 508 g/mol. The Labute approximate surface area is 177 Å². The van der Waals surface area contributed by atoms with Gasteiger partial charge in [-0.05, 0) is 38.1 Å². The van der Waals surface area contributed by atoms with Crippen molar-refractivity contribution in [1.82, 2.24) is 15.6 Å². The number of aliphatic imine (C=N–C) groups is 1. The maximum Gasteiger partial charge on any atom is 0.416 e. The molecule has 27 heavy (non-hydrogen) atoms. The van der Waals surface area contributed by atoms with E-state index in [9.17, 15) is 13.2 Å². The third-order valence-corrected chi connectivity index (χ3v) is 4.50. The van der Waals surface area contributed by atoms with Crippen molar-refractivity contribution in [2.45, 2.75) is 26.6 Å². The van der Waals surface area contributed by atoms with E-state index in [0.717, 1.165) is 27.7 Å². The summed E-state index contributed by atoms with van der Waals surface area (Å²) in [7, 11) is 1.66. The van der Waals surface area contributed by atoms with E-state index >= 15 is 0 Å². The Kier molecular flexibility index (Phi) is 9.05. The van der Waals surface area contributed by atoms with E-state index < -0.39 is 11.7 Å². The number of nitrogens with zero attached hydrogens (tertiary/aromatic N) is 2. The largest absolute Gasteiger partial charge is 0.416 e. The summed E-state index contributed by atoms with van der Waals surface area (Å²) in [5.41, 5.74) is 0.843. The summed E-state index contributed by atoms with van der Waals surface area (Å²) in [4.78, 5) is 9.62. The Bertz CT molecular complexity index is 833. The second-order valence-electron chi connectivity index (χ2n) is 5.40. The molecular weight excluding hydrogens is 488 g/mol. The van der Waals surface area contributed by atoms with Gasteiger partial charge in [0.25, 0.3) is 0 Å². The molecule has 0 amide bonds. The van der Waals surface area contributed by atoms with Crippen molar-refractivity contribution in [1.29, 1.82) is 0 Å². The zero-order valence-corrected chi connectivity index (χ0v) is 18.2. The predicted molar refractivity (Wildman–Crippen MR) is 114 cm³/mol. The number of thiazole rings is 1. The minimum Gasteiger partial charge on any atom is -0.351 e. The highest BCUT2D eigenvalue weighted by atomic mass is 127. The molecule has 0 unspecified atom stereocenters. The molecule has 0 aliphatic heterocycles. The van der Waals surface area contributed by atoms with Crippen molar-refractivity contribution in [2.75, 3.05) is 13.6 Å². The molecule has 2 rings (SSSR count). The van der Waals surface area contributed by atoms with Gasteiger partial charge < -0.3 is 10.6 Å². The van der Waals surface area contributed by atoms with Crippen molar-refractivity contribution in [3.05, 3.63) is 51.0 Å². The summed E-state index contributed by atoms with van der Waals surface area (Å²) in [6.45, 7) is 4.86. The molecule has 0 spiro atoms. The molecule has 0 aliphatic carbocycles. The van der Waals surface area contributed by atoms with Gasteiger partial charge in [-0.2, -0.15) is 13.2 Å². The third kappa shape index (κ3) is 7.38. The number of hydrogen-bond acceptors (Lipinski definition) is 3. The fourth-order valence-electron chi connectivity index (χ4n) is 2.14. The Morgan fingerprint density at radius 1 is 1.19 bits per heavy atom. The number of halogens is 4. The summed E-state index contributed by atoms with van der Waals surface area (Å²) in [5.74, 6) is 6.28. The molecule has 0 bridgehead atoms. The summed E-state index contributed by atoms with van der Waals surface area (Å²) < 4.78 is 37.5. The highest BCUT2D eigenvalue weighted by molar-refractivity contribution is 14.0. The fraction of sp³-hybridized carbons (Fsp3) is 0.333. The van der Waals surface area contributed by atoms with Crippen LogP contribution in [0.2, 0.25) is 0 Å². The van der Waals surface area contributed by atoms with Gasteiger partial charge in [0.2, 0.25) is 0 Å². The zero-order valence-electron chi connectivity index (χ0n) is 15.1. The molecule has 0 saturated carbocycles. The smallest absolute Gasteiger partial charge is 0.351 e. The first-order chi connectivity index (χ1) is 12.3. The number of nitrogens with one attached hydrogen (secondary N) is 2. The van der Waals surface area contributed by atoms with Crippen molar-refractivity contribution < 1.29 is 13.2 Å². The van der Waals surface area contributed by atoms with E-state index in [0.29, 0.717) is 24.6 Å². The van der Waals surface area contributed by atoms with E-state index in [1.807, 2.05) is 13.8 Å². The quantitative estimate of drug-likeness (QED) is 0.284. The normalized spacial score (nSPS) is 11.3. The molecule has 0 aliphatic rings. The van der Waals surface area contributed by atoms with E-state index in [-0.39, 0.29) is 24.0 Å². The van der Waals surface area contributed by atoms with Crippen LogP contribution < -0.4 is 10.6 Å². The van der Waals surface area contributed by atoms with Crippen LogP contribution in [0.5, 0.6) is 0 Å². The summed E-state index contributed by atoms with van der Waals surface area (Å²) in [6, 6.07) is 4.77. The Morgan fingerprint density at radius 2 is 1.85 bits per heavy atom. The summed E-state index contributed by atoms with van der Waals surface area (Å²) in [5, 5.41) is 7.24. The molecule has 0 radical (unpaired) electrons. The second-order valence-corrected chi connectivity index (χ2v) is 6.69. The van der Waals surface area contributed by atoms with Crippen molar-refractivity contribution in [3.63, 3.8) is 0 Å². The van der Waals surface area contributed by atoms with Crippen LogP contribution in [0, 0.1) is 25.7 Å². The van der Waals surface area contributed by atoms with Gasteiger partial charge in [-0.1, -0.05) is 11.8 Å². The van der Waals surface area contributed by atoms with Crippen LogP contribution in [-0.4, -0.2) is 24.5 Å². The van der Waals surface area contributed by atoms with Gasteiger partial charge in [-0.25, -0.2) is 4.98 Å². The molecule has 1 aromatic heterocycles. The lowest BCUT2D eigenvalue weighted by atomic mass is 10.1. The summed E-state index contributed by atoms with van der Waals surface area (Å²) in [6.07, 6.45) is -4.33. The van der Waals surface area contributed by atoms with Gasteiger partial charge in [-0.15, -0.1) is 35.3 Å². The van der Waals surface area contributed by atoms with E-state index in [1.54, 1.807) is 18.4 Å². The number of rotatable bonds is 3. The molecule has 2 N–H and O–H groups in total. The second kappa shape index (κ2) is 10.5. The first-order valence-electron chi connectivity index (χ1n) is 7.83. The van der Waals surface area contributed by atoms with Gasteiger partial charge in [0.15, 0.2) is 5.96 Å². The number of alkyl halides is 3. The van der Waals surface area contributed by atoms with Crippen molar-refractivity contribution in [3.8, 4) is 11.8 Å². The standard InChI is InChI=1S/C18H19F3N4S.HI/c1-12-16(26-13(2)25-12)11-24-17(22-3)23-10-4-5-14-6-8-15(9-7-14)18(19,20)21;/h6-9H,10-11H2,1-3H3,(H2,22,23,24);1H. The lowest BCUT2D eigenvalue weighted by Crippen LogP contribution is -2.36. The molecule has 0 fully saturated rings. The molecule has 1 aromatic carbocycles. The maximum atomic E-state index is 12.5. The predicted octanol–water partition coefficient (Wildman–Crippen LogP) is 4.11. The Morgan fingerprint density at radius 3 is 2.37 bits per heavy atom. The molecule has 4 nitrogen and oxygen atoms in total. The van der Waals surface area contributed by atoms with Gasteiger partial charge in [0.05, 0.1) is 29.4 Å². The first-order valence-corrected chi connectivity index (χ1v) is 8.65.